The number of halogens is 2. The number of carbonyl (C=O) groups is 1. The van der Waals surface area contributed by atoms with Crippen molar-refractivity contribution in [1.29, 1.82) is 0 Å². The van der Waals surface area contributed by atoms with Gasteiger partial charge in [0.1, 0.15) is 5.75 Å². The van der Waals surface area contributed by atoms with Crippen LogP contribution in [0.15, 0.2) is 48.7 Å². The molecule has 3 aromatic rings. The van der Waals surface area contributed by atoms with Gasteiger partial charge in [-0.1, -0.05) is 12.1 Å². The summed E-state index contributed by atoms with van der Waals surface area (Å²) in [4.78, 5) is 18.1. The molecule has 6 nitrogen and oxygen atoms in total. The Morgan fingerprint density at radius 1 is 1.15 bits per heavy atom. The lowest BCUT2D eigenvalue weighted by Crippen LogP contribution is -2.41. The van der Waals surface area contributed by atoms with Gasteiger partial charge in [-0.25, -0.2) is 8.78 Å². The summed E-state index contributed by atoms with van der Waals surface area (Å²) in [6, 6.07) is 11.8. The first-order valence-corrected chi connectivity index (χ1v) is 13.8. The summed E-state index contributed by atoms with van der Waals surface area (Å²) in [5.41, 5.74) is 2.04. The Labute approximate surface area is 228 Å². The number of pyridine rings is 1. The SMILES string of the molecule is COc1ccc2nccc(C(O)CC[C@@H]3CCN(CCCCc4cccc(F)c4F)C[C@@H]3CCC(=O)O)c2c1. The van der Waals surface area contributed by atoms with E-state index >= 15 is 0 Å². The van der Waals surface area contributed by atoms with Crippen molar-refractivity contribution < 1.29 is 28.5 Å². The number of benzene rings is 2. The molecule has 1 saturated heterocycles. The highest BCUT2D eigenvalue weighted by Gasteiger charge is 2.30. The molecule has 210 valence electrons. The van der Waals surface area contributed by atoms with Crippen LogP contribution >= 0.6 is 0 Å². The second kappa shape index (κ2) is 13.8. The highest BCUT2D eigenvalue weighted by Crippen LogP contribution is 2.35. The molecule has 0 amide bonds. The number of aryl methyl sites for hydroxylation is 1. The molecule has 8 heteroatoms. The number of carboxylic acids is 1. The molecule has 1 aromatic heterocycles. The maximum Gasteiger partial charge on any atom is 0.303 e. The molecular weight excluding hydrogens is 502 g/mol. The summed E-state index contributed by atoms with van der Waals surface area (Å²) in [7, 11) is 1.61. The van der Waals surface area contributed by atoms with E-state index in [1.165, 1.54) is 6.07 Å². The minimum Gasteiger partial charge on any atom is -0.497 e. The maximum absolute atomic E-state index is 13.9. The van der Waals surface area contributed by atoms with Crippen molar-refractivity contribution in [1.82, 2.24) is 9.88 Å². The number of rotatable bonds is 13. The fraction of sp³-hybridized carbons (Fsp3) is 0.484. The largest absolute Gasteiger partial charge is 0.497 e. The zero-order chi connectivity index (χ0) is 27.8. The Morgan fingerprint density at radius 2 is 2.00 bits per heavy atom. The van der Waals surface area contributed by atoms with E-state index in [-0.39, 0.29) is 12.3 Å². The predicted octanol–water partition coefficient (Wildman–Crippen LogP) is 6.16. The van der Waals surface area contributed by atoms with Crippen LogP contribution in [0.5, 0.6) is 5.75 Å². The first kappa shape index (κ1) is 28.9. The summed E-state index contributed by atoms with van der Waals surface area (Å²) < 4.78 is 32.7. The number of aliphatic hydroxyl groups excluding tert-OH is 1. The van der Waals surface area contributed by atoms with Gasteiger partial charge in [0.05, 0.1) is 18.7 Å². The Bertz CT molecular complexity index is 1250. The number of nitrogens with zero attached hydrogens (tertiary/aromatic N) is 2. The smallest absolute Gasteiger partial charge is 0.303 e. The fourth-order valence-electron chi connectivity index (χ4n) is 5.86. The Hall–Kier alpha value is -3.10. The van der Waals surface area contributed by atoms with Crippen LogP contribution in [0.3, 0.4) is 0 Å². The Kier molecular flexibility index (Phi) is 10.2. The number of aliphatic hydroxyl groups is 1. The van der Waals surface area contributed by atoms with E-state index in [1.54, 1.807) is 19.4 Å². The molecule has 1 aliphatic rings. The third kappa shape index (κ3) is 7.73. The summed E-state index contributed by atoms with van der Waals surface area (Å²) in [5, 5.41) is 21.3. The number of hydrogen-bond donors (Lipinski definition) is 2. The molecule has 1 unspecified atom stereocenters. The highest BCUT2D eigenvalue weighted by atomic mass is 19.2. The van der Waals surface area contributed by atoms with Crippen LogP contribution in [0.25, 0.3) is 10.9 Å². The molecule has 2 N–H and O–H groups in total. The number of hydrogen-bond acceptors (Lipinski definition) is 5. The topological polar surface area (TPSA) is 82.9 Å². The molecule has 1 fully saturated rings. The molecule has 0 aliphatic carbocycles. The molecule has 0 radical (unpaired) electrons. The van der Waals surface area contributed by atoms with Gasteiger partial charge in [0.25, 0.3) is 0 Å². The number of aliphatic carboxylic acids is 1. The monoisotopic (exact) mass is 540 g/mol. The van der Waals surface area contributed by atoms with Crippen molar-refractivity contribution in [3.8, 4) is 5.75 Å². The van der Waals surface area contributed by atoms with Crippen LogP contribution in [0.2, 0.25) is 0 Å². The van der Waals surface area contributed by atoms with Crippen LogP contribution < -0.4 is 4.74 Å². The number of carboxylic acid groups (broad SMARTS) is 1. The predicted molar refractivity (Wildman–Crippen MR) is 147 cm³/mol. The third-order valence-corrected chi connectivity index (χ3v) is 8.06. The van der Waals surface area contributed by atoms with Crippen molar-refractivity contribution >= 4 is 16.9 Å². The van der Waals surface area contributed by atoms with E-state index in [2.05, 4.69) is 9.88 Å². The first-order valence-electron chi connectivity index (χ1n) is 13.8. The van der Waals surface area contributed by atoms with Gasteiger partial charge in [-0.2, -0.15) is 0 Å². The Balaban J connectivity index is 1.32. The number of likely N-dealkylation sites (tertiary alicyclic amines) is 1. The Morgan fingerprint density at radius 3 is 2.79 bits per heavy atom. The quantitative estimate of drug-likeness (QED) is 0.253. The molecule has 0 bridgehead atoms. The minimum absolute atomic E-state index is 0.130. The van der Waals surface area contributed by atoms with E-state index in [0.717, 1.165) is 67.9 Å². The van der Waals surface area contributed by atoms with Gasteiger partial charge >= 0.3 is 5.97 Å². The lowest BCUT2D eigenvalue weighted by Gasteiger charge is -2.39. The maximum atomic E-state index is 13.9. The molecular formula is C31H38F2N2O4. The normalized spacial score (nSPS) is 18.8. The van der Waals surface area contributed by atoms with E-state index in [0.29, 0.717) is 36.5 Å². The van der Waals surface area contributed by atoms with Crippen molar-refractivity contribution in [2.75, 3.05) is 26.7 Å². The van der Waals surface area contributed by atoms with Crippen LogP contribution in [-0.2, 0) is 11.2 Å². The van der Waals surface area contributed by atoms with E-state index in [1.807, 2.05) is 24.3 Å². The zero-order valence-electron chi connectivity index (χ0n) is 22.5. The van der Waals surface area contributed by atoms with E-state index in [4.69, 9.17) is 4.74 Å². The second-order valence-corrected chi connectivity index (χ2v) is 10.6. The first-order chi connectivity index (χ1) is 18.9. The molecule has 4 rings (SSSR count). The summed E-state index contributed by atoms with van der Waals surface area (Å²) in [5.74, 6) is -1.08. The van der Waals surface area contributed by atoms with Crippen LogP contribution in [-0.4, -0.2) is 52.8 Å². The molecule has 3 atom stereocenters. The number of unbranched alkanes of at least 4 members (excludes halogenated alkanes) is 1. The van der Waals surface area contributed by atoms with Crippen molar-refractivity contribution in [3.63, 3.8) is 0 Å². The van der Waals surface area contributed by atoms with Gasteiger partial charge < -0.3 is 19.8 Å². The molecule has 2 heterocycles. The van der Waals surface area contributed by atoms with Gasteiger partial charge in [0.2, 0.25) is 0 Å². The summed E-state index contributed by atoms with van der Waals surface area (Å²) >= 11 is 0. The lowest BCUT2D eigenvalue weighted by atomic mass is 9.79. The summed E-state index contributed by atoms with van der Waals surface area (Å²) in [6.07, 6.45) is 6.27. The van der Waals surface area contributed by atoms with E-state index in [9.17, 15) is 23.8 Å². The summed E-state index contributed by atoms with van der Waals surface area (Å²) in [6.45, 7) is 2.58. The van der Waals surface area contributed by atoms with Gasteiger partial charge in [-0.05, 0) is 111 Å². The number of ether oxygens (including phenoxy) is 1. The van der Waals surface area contributed by atoms with Gasteiger partial charge in [0.15, 0.2) is 11.6 Å². The van der Waals surface area contributed by atoms with Crippen molar-refractivity contribution in [2.45, 2.75) is 57.5 Å². The fourth-order valence-corrected chi connectivity index (χ4v) is 5.86. The van der Waals surface area contributed by atoms with E-state index < -0.39 is 23.7 Å². The molecule has 39 heavy (non-hydrogen) atoms. The average Bonchev–Trinajstić information content (AvgIpc) is 2.94. The van der Waals surface area contributed by atoms with Crippen LogP contribution in [0, 0.1) is 23.5 Å². The average molecular weight is 541 g/mol. The number of fused-ring (bicyclic) bond motifs is 1. The second-order valence-electron chi connectivity index (χ2n) is 10.6. The number of aromatic nitrogens is 1. The van der Waals surface area contributed by atoms with Crippen LogP contribution in [0.4, 0.5) is 8.78 Å². The van der Waals surface area contributed by atoms with Crippen molar-refractivity contribution in [3.05, 3.63) is 71.4 Å². The highest BCUT2D eigenvalue weighted by molar-refractivity contribution is 5.83. The lowest BCUT2D eigenvalue weighted by molar-refractivity contribution is -0.137. The third-order valence-electron chi connectivity index (χ3n) is 8.06. The molecule has 0 saturated carbocycles. The van der Waals surface area contributed by atoms with Gasteiger partial charge in [-0.3, -0.25) is 9.78 Å². The standard InChI is InChI=1S/C31H38F2N2O4/c1-39-24-10-11-28-26(19-24)25(14-16-34-28)29(36)12-8-21-15-18-35(20-23(21)9-13-30(37)38)17-3-2-5-22-6-4-7-27(32)31(22)33/h4,6-7,10-11,14,16,19,21,23,29,36H,2-3,5,8-9,12-13,15,17-18,20H2,1H3,(H,37,38)/t21-,23+,29?/m1/s1. The molecule has 0 spiro atoms. The minimum atomic E-state index is -0.808. The zero-order valence-corrected chi connectivity index (χ0v) is 22.5. The van der Waals surface area contributed by atoms with Gasteiger partial charge in [-0.15, -0.1) is 0 Å². The number of piperidine rings is 1. The molecule has 1 aliphatic heterocycles. The number of methoxy groups -OCH3 is 1. The van der Waals surface area contributed by atoms with Gasteiger partial charge in [0, 0.05) is 24.5 Å². The van der Waals surface area contributed by atoms with Crippen LogP contribution in [0.1, 0.15) is 62.2 Å². The van der Waals surface area contributed by atoms with Crippen molar-refractivity contribution in [2.24, 2.45) is 11.8 Å². The molecule has 2 aromatic carbocycles.